The molecular formula is C24H26N4O4S. The van der Waals surface area contributed by atoms with Crippen LogP contribution in [-0.2, 0) is 21.4 Å². The van der Waals surface area contributed by atoms with Gasteiger partial charge in [0.15, 0.2) is 0 Å². The Balaban J connectivity index is 1.48. The van der Waals surface area contributed by atoms with Gasteiger partial charge in [-0.2, -0.15) is 0 Å². The molecule has 0 aliphatic rings. The fourth-order valence-electron chi connectivity index (χ4n) is 3.23. The maximum absolute atomic E-state index is 12.5. The second-order valence-corrected chi connectivity index (χ2v) is 9.32. The lowest BCUT2D eigenvalue weighted by Gasteiger charge is -2.11. The third kappa shape index (κ3) is 6.96. The van der Waals surface area contributed by atoms with E-state index in [1.807, 2.05) is 13.0 Å². The maximum atomic E-state index is 12.5. The predicted octanol–water partition coefficient (Wildman–Crippen LogP) is 2.94. The lowest BCUT2D eigenvalue weighted by atomic mass is 10.2. The summed E-state index contributed by atoms with van der Waals surface area (Å²) >= 11 is 0. The zero-order valence-corrected chi connectivity index (χ0v) is 19.3. The molecular weight excluding hydrogens is 440 g/mol. The summed E-state index contributed by atoms with van der Waals surface area (Å²) in [4.78, 5) is 28.5. The predicted molar refractivity (Wildman–Crippen MR) is 126 cm³/mol. The average molecular weight is 467 g/mol. The average Bonchev–Trinajstić information content (AvgIpc) is 2.78. The minimum atomic E-state index is -3.68. The highest BCUT2D eigenvalue weighted by Gasteiger charge is 2.16. The molecule has 3 N–H and O–H groups in total. The van der Waals surface area contributed by atoms with Gasteiger partial charge >= 0.3 is 0 Å². The molecule has 0 saturated heterocycles. The summed E-state index contributed by atoms with van der Waals surface area (Å²) in [6, 6.07) is 15.5. The normalized spacial score (nSPS) is 11.1. The number of rotatable bonds is 9. The first kappa shape index (κ1) is 24.1. The van der Waals surface area contributed by atoms with Gasteiger partial charge in [-0.1, -0.05) is 29.8 Å². The summed E-state index contributed by atoms with van der Waals surface area (Å²) in [6.45, 7) is 3.87. The summed E-state index contributed by atoms with van der Waals surface area (Å²) < 4.78 is 27.4. The first-order valence-electron chi connectivity index (χ1n) is 10.4. The van der Waals surface area contributed by atoms with Gasteiger partial charge in [0, 0.05) is 43.2 Å². The van der Waals surface area contributed by atoms with E-state index >= 15 is 0 Å². The topological polar surface area (TPSA) is 117 Å². The zero-order chi connectivity index (χ0) is 23.8. The van der Waals surface area contributed by atoms with Gasteiger partial charge in [-0.05, 0) is 55.3 Å². The number of nitrogens with zero attached hydrogens (tertiary/aromatic N) is 1. The van der Waals surface area contributed by atoms with Gasteiger partial charge < -0.3 is 10.6 Å². The number of hydrogen-bond acceptors (Lipinski definition) is 5. The Bertz CT molecular complexity index is 1240. The van der Waals surface area contributed by atoms with Crippen LogP contribution in [-0.4, -0.2) is 31.8 Å². The number of pyridine rings is 1. The summed E-state index contributed by atoms with van der Waals surface area (Å²) in [5.74, 6) is -0.542. The number of hydrogen-bond donors (Lipinski definition) is 3. The SMILES string of the molecule is Cc1ccc(S(=O)(=O)NCCC(=O)NCc2cccc(NC(=O)c3ccncc3)c2)c(C)c1. The Morgan fingerprint density at radius 1 is 0.970 bits per heavy atom. The largest absolute Gasteiger partial charge is 0.352 e. The number of carbonyl (C=O) groups excluding carboxylic acids is 2. The van der Waals surface area contributed by atoms with E-state index < -0.39 is 10.0 Å². The van der Waals surface area contributed by atoms with Gasteiger partial charge in [0.25, 0.3) is 5.91 Å². The minimum absolute atomic E-state index is 0.00259. The fourth-order valence-corrected chi connectivity index (χ4v) is 4.49. The summed E-state index contributed by atoms with van der Waals surface area (Å²) in [5, 5.41) is 5.57. The Morgan fingerprint density at radius 2 is 1.73 bits per heavy atom. The molecule has 0 atom stereocenters. The molecule has 0 aliphatic heterocycles. The van der Waals surface area contributed by atoms with Crippen LogP contribution < -0.4 is 15.4 Å². The molecule has 1 heterocycles. The number of nitrogens with one attached hydrogen (secondary N) is 3. The number of aromatic nitrogens is 1. The van der Waals surface area contributed by atoms with E-state index in [2.05, 4.69) is 20.3 Å². The molecule has 33 heavy (non-hydrogen) atoms. The van der Waals surface area contributed by atoms with Crippen molar-refractivity contribution >= 4 is 27.5 Å². The quantitative estimate of drug-likeness (QED) is 0.448. The van der Waals surface area contributed by atoms with Crippen LogP contribution in [0.3, 0.4) is 0 Å². The molecule has 0 unspecified atom stereocenters. The van der Waals surface area contributed by atoms with Crippen molar-refractivity contribution in [3.8, 4) is 0 Å². The molecule has 8 nitrogen and oxygen atoms in total. The van der Waals surface area contributed by atoms with E-state index in [1.54, 1.807) is 67.8 Å². The highest BCUT2D eigenvalue weighted by atomic mass is 32.2. The minimum Gasteiger partial charge on any atom is -0.352 e. The van der Waals surface area contributed by atoms with E-state index in [9.17, 15) is 18.0 Å². The second-order valence-electron chi connectivity index (χ2n) is 7.58. The molecule has 0 spiro atoms. The number of sulfonamides is 1. The van der Waals surface area contributed by atoms with Gasteiger partial charge in [-0.15, -0.1) is 0 Å². The first-order chi connectivity index (χ1) is 15.7. The number of carbonyl (C=O) groups is 2. The van der Waals surface area contributed by atoms with E-state index in [4.69, 9.17) is 0 Å². The van der Waals surface area contributed by atoms with Crippen LogP contribution in [0, 0.1) is 13.8 Å². The molecule has 172 valence electrons. The number of benzene rings is 2. The first-order valence-corrected chi connectivity index (χ1v) is 11.9. The van der Waals surface area contributed by atoms with Crippen molar-refractivity contribution in [2.75, 3.05) is 11.9 Å². The molecule has 0 aliphatic carbocycles. The van der Waals surface area contributed by atoms with Crippen LogP contribution in [0.2, 0.25) is 0 Å². The van der Waals surface area contributed by atoms with Crippen molar-refractivity contribution in [3.05, 3.63) is 89.2 Å². The van der Waals surface area contributed by atoms with Crippen LogP contribution in [0.15, 0.2) is 71.9 Å². The van der Waals surface area contributed by atoms with Crippen LogP contribution in [0.1, 0.15) is 33.5 Å². The van der Waals surface area contributed by atoms with Crippen molar-refractivity contribution in [1.82, 2.24) is 15.0 Å². The highest BCUT2D eigenvalue weighted by molar-refractivity contribution is 7.89. The van der Waals surface area contributed by atoms with E-state index in [1.165, 1.54) is 0 Å². The van der Waals surface area contributed by atoms with Crippen molar-refractivity contribution in [2.24, 2.45) is 0 Å². The Morgan fingerprint density at radius 3 is 2.45 bits per heavy atom. The molecule has 2 amide bonds. The molecule has 1 aromatic heterocycles. The van der Waals surface area contributed by atoms with Gasteiger partial charge in [0.05, 0.1) is 4.90 Å². The monoisotopic (exact) mass is 466 g/mol. The molecule has 9 heteroatoms. The zero-order valence-electron chi connectivity index (χ0n) is 18.5. The molecule has 2 aromatic carbocycles. The maximum Gasteiger partial charge on any atom is 0.255 e. The van der Waals surface area contributed by atoms with Crippen LogP contribution in [0.4, 0.5) is 5.69 Å². The van der Waals surface area contributed by atoms with Crippen molar-refractivity contribution in [3.63, 3.8) is 0 Å². The van der Waals surface area contributed by atoms with E-state index in [-0.39, 0.29) is 36.2 Å². The van der Waals surface area contributed by atoms with E-state index in [0.29, 0.717) is 16.8 Å². The van der Waals surface area contributed by atoms with Crippen LogP contribution in [0.5, 0.6) is 0 Å². The molecule has 0 bridgehead atoms. The second kappa shape index (κ2) is 10.8. The van der Waals surface area contributed by atoms with Crippen molar-refractivity contribution in [1.29, 1.82) is 0 Å². The Hall–Kier alpha value is -3.56. The van der Waals surface area contributed by atoms with Gasteiger partial charge in [-0.25, -0.2) is 13.1 Å². The Kier molecular flexibility index (Phi) is 7.92. The number of anilines is 1. The molecule has 0 saturated carbocycles. The molecule has 3 aromatic rings. The smallest absolute Gasteiger partial charge is 0.255 e. The molecule has 3 rings (SSSR count). The molecule has 0 fully saturated rings. The number of amides is 2. The number of aryl methyl sites for hydroxylation is 2. The fraction of sp³-hybridized carbons (Fsp3) is 0.208. The summed E-state index contributed by atoms with van der Waals surface area (Å²) in [7, 11) is -3.68. The van der Waals surface area contributed by atoms with Crippen molar-refractivity contribution in [2.45, 2.75) is 31.7 Å². The highest BCUT2D eigenvalue weighted by Crippen LogP contribution is 2.16. The lowest BCUT2D eigenvalue weighted by Crippen LogP contribution is -2.31. The van der Waals surface area contributed by atoms with Gasteiger partial charge in [0.2, 0.25) is 15.9 Å². The van der Waals surface area contributed by atoms with Gasteiger partial charge in [-0.3, -0.25) is 14.6 Å². The van der Waals surface area contributed by atoms with Gasteiger partial charge in [0.1, 0.15) is 0 Å². The summed E-state index contributed by atoms with van der Waals surface area (Å²) in [6.07, 6.45) is 3.09. The van der Waals surface area contributed by atoms with Crippen LogP contribution in [0.25, 0.3) is 0 Å². The summed E-state index contributed by atoms with van der Waals surface area (Å²) in [5.41, 5.74) is 3.53. The van der Waals surface area contributed by atoms with Crippen molar-refractivity contribution < 1.29 is 18.0 Å². The van der Waals surface area contributed by atoms with Crippen LogP contribution >= 0.6 is 0 Å². The standard InChI is InChI=1S/C24H26N4O4S/c1-17-6-7-22(18(2)14-17)33(31,32)27-13-10-23(29)26-16-19-4-3-5-21(15-19)28-24(30)20-8-11-25-12-9-20/h3-9,11-12,14-15,27H,10,13,16H2,1-2H3,(H,26,29)(H,28,30). The third-order valence-corrected chi connectivity index (χ3v) is 6.50. The third-order valence-electron chi connectivity index (χ3n) is 4.88. The molecule has 0 radical (unpaired) electrons. The lowest BCUT2D eigenvalue weighted by molar-refractivity contribution is -0.121. The Labute approximate surface area is 193 Å². The van der Waals surface area contributed by atoms with E-state index in [0.717, 1.165) is 11.1 Å².